The number of rotatable bonds is 5. The van der Waals surface area contributed by atoms with Crippen molar-refractivity contribution in [3.63, 3.8) is 0 Å². The lowest BCUT2D eigenvalue weighted by Gasteiger charge is -2.22. The normalized spacial score (nSPS) is 12.1. The van der Waals surface area contributed by atoms with Crippen LogP contribution in [0.15, 0.2) is 0 Å². The Balaban J connectivity index is 3.13. The Labute approximate surface area is 100 Å². The monoisotopic (exact) mass is 241 g/mol. The average Bonchev–Trinajstić information content (AvgIpc) is 2.60. The summed E-state index contributed by atoms with van der Waals surface area (Å²) in [5, 5.41) is 25.8. The van der Waals surface area contributed by atoms with Crippen molar-refractivity contribution in [2.24, 2.45) is 5.41 Å². The maximum atomic E-state index is 11.0. The van der Waals surface area contributed by atoms with E-state index >= 15 is 0 Å². The molecule has 0 atom stereocenters. The third-order valence-electron chi connectivity index (χ3n) is 2.53. The fourth-order valence-electron chi connectivity index (χ4n) is 1.62. The lowest BCUT2D eigenvalue weighted by atomic mass is 9.94. The summed E-state index contributed by atoms with van der Waals surface area (Å²) >= 11 is 0. The predicted octanol–water partition coefficient (Wildman–Crippen LogP) is 1.12. The van der Waals surface area contributed by atoms with Crippen molar-refractivity contribution in [3.8, 4) is 0 Å². The minimum absolute atomic E-state index is 0.00580. The Bertz CT molecular complexity index is 410. The number of aliphatic hydroxyl groups excluding tert-OH is 1. The van der Waals surface area contributed by atoms with E-state index in [0.717, 1.165) is 0 Å². The van der Waals surface area contributed by atoms with Gasteiger partial charge in [-0.15, -0.1) is 5.10 Å². The summed E-state index contributed by atoms with van der Waals surface area (Å²) in [7, 11) is 0. The van der Waals surface area contributed by atoms with Crippen molar-refractivity contribution in [1.29, 1.82) is 0 Å². The Morgan fingerprint density at radius 1 is 1.47 bits per heavy atom. The molecule has 0 aliphatic heterocycles. The number of aromatic carboxylic acids is 1. The molecule has 0 radical (unpaired) electrons. The zero-order valence-corrected chi connectivity index (χ0v) is 10.6. The van der Waals surface area contributed by atoms with Crippen molar-refractivity contribution < 1.29 is 15.0 Å². The highest BCUT2D eigenvalue weighted by molar-refractivity contribution is 5.86. The zero-order chi connectivity index (χ0) is 13.2. The second-order valence-corrected chi connectivity index (χ2v) is 5.26. The highest BCUT2D eigenvalue weighted by atomic mass is 16.4. The van der Waals surface area contributed by atoms with Crippen LogP contribution in [0.3, 0.4) is 0 Å². The summed E-state index contributed by atoms with van der Waals surface area (Å²) in [4.78, 5) is 11.0. The molecule has 1 aromatic heterocycles. The van der Waals surface area contributed by atoms with Gasteiger partial charge in [0.15, 0.2) is 5.69 Å². The van der Waals surface area contributed by atoms with Gasteiger partial charge in [0.25, 0.3) is 0 Å². The number of nitrogens with zero attached hydrogens (tertiary/aromatic N) is 3. The number of carboxylic acids is 1. The van der Waals surface area contributed by atoms with Crippen LogP contribution in [0.1, 0.15) is 49.8 Å². The van der Waals surface area contributed by atoms with E-state index in [4.69, 9.17) is 5.11 Å². The van der Waals surface area contributed by atoms with Crippen LogP contribution in [0.25, 0.3) is 0 Å². The molecular formula is C11H19N3O3. The highest BCUT2D eigenvalue weighted by Crippen LogP contribution is 2.22. The Morgan fingerprint density at radius 2 is 2.06 bits per heavy atom. The molecule has 6 heteroatoms. The van der Waals surface area contributed by atoms with Crippen LogP contribution >= 0.6 is 0 Å². The molecule has 96 valence electrons. The summed E-state index contributed by atoms with van der Waals surface area (Å²) in [6.07, 6.45) is 0. The van der Waals surface area contributed by atoms with Gasteiger partial charge >= 0.3 is 5.97 Å². The molecule has 0 saturated heterocycles. The maximum absolute atomic E-state index is 11.0. The summed E-state index contributed by atoms with van der Waals surface area (Å²) in [5.41, 5.74) is 0.236. The largest absolute Gasteiger partial charge is 0.476 e. The van der Waals surface area contributed by atoms with Gasteiger partial charge in [0.1, 0.15) is 0 Å². The summed E-state index contributed by atoms with van der Waals surface area (Å²) < 4.78 is 1.57. The average molecular weight is 241 g/mol. The van der Waals surface area contributed by atoms with Gasteiger partial charge in [-0.2, -0.15) is 0 Å². The third kappa shape index (κ3) is 3.03. The first-order chi connectivity index (χ1) is 7.78. The van der Waals surface area contributed by atoms with Crippen molar-refractivity contribution >= 4 is 5.97 Å². The molecular weight excluding hydrogens is 222 g/mol. The van der Waals surface area contributed by atoms with Crippen LogP contribution in [0, 0.1) is 5.41 Å². The van der Waals surface area contributed by atoms with Gasteiger partial charge in [0, 0.05) is 12.0 Å². The highest BCUT2D eigenvalue weighted by Gasteiger charge is 2.25. The molecule has 0 aliphatic carbocycles. The Hall–Kier alpha value is -1.43. The predicted molar refractivity (Wildman–Crippen MR) is 61.9 cm³/mol. The molecule has 1 rings (SSSR count). The SMILES string of the molecule is CC(C)c1c(C(=O)O)nnn1CC(C)(C)CO. The summed E-state index contributed by atoms with van der Waals surface area (Å²) in [6, 6.07) is 0. The molecule has 17 heavy (non-hydrogen) atoms. The lowest BCUT2D eigenvalue weighted by Crippen LogP contribution is -2.26. The molecule has 2 N–H and O–H groups in total. The smallest absolute Gasteiger partial charge is 0.358 e. The van der Waals surface area contributed by atoms with Crippen LogP contribution < -0.4 is 0 Å². The lowest BCUT2D eigenvalue weighted by molar-refractivity contribution is 0.0688. The van der Waals surface area contributed by atoms with E-state index in [-0.39, 0.29) is 23.6 Å². The van der Waals surface area contributed by atoms with Crippen LogP contribution in [0.4, 0.5) is 0 Å². The molecule has 1 heterocycles. The first kappa shape index (κ1) is 13.6. The quantitative estimate of drug-likeness (QED) is 0.806. The van der Waals surface area contributed by atoms with Crippen LogP contribution in [0.5, 0.6) is 0 Å². The molecule has 0 amide bonds. The zero-order valence-electron chi connectivity index (χ0n) is 10.6. The number of carboxylic acid groups (broad SMARTS) is 1. The minimum atomic E-state index is -1.07. The van der Waals surface area contributed by atoms with Gasteiger partial charge in [0.05, 0.1) is 12.2 Å². The van der Waals surface area contributed by atoms with Crippen molar-refractivity contribution in [2.45, 2.75) is 40.2 Å². The van der Waals surface area contributed by atoms with Crippen LogP contribution in [-0.2, 0) is 6.54 Å². The van der Waals surface area contributed by atoms with Gasteiger partial charge in [0.2, 0.25) is 0 Å². The molecule has 1 aromatic rings. The van der Waals surface area contributed by atoms with Gasteiger partial charge in [-0.1, -0.05) is 32.9 Å². The van der Waals surface area contributed by atoms with Crippen LogP contribution in [0.2, 0.25) is 0 Å². The Kier molecular flexibility index (Phi) is 3.87. The number of aromatic nitrogens is 3. The van der Waals surface area contributed by atoms with Gasteiger partial charge in [-0.3, -0.25) is 0 Å². The van der Waals surface area contributed by atoms with Crippen molar-refractivity contribution in [1.82, 2.24) is 15.0 Å². The van der Waals surface area contributed by atoms with Crippen molar-refractivity contribution in [2.75, 3.05) is 6.61 Å². The third-order valence-corrected chi connectivity index (χ3v) is 2.53. The fourth-order valence-corrected chi connectivity index (χ4v) is 1.62. The van der Waals surface area contributed by atoms with Gasteiger partial charge in [-0.05, 0) is 5.92 Å². The van der Waals surface area contributed by atoms with Gasteiger partial charge in [-0.25, -0.2) is 9.48 Å². The van der Waals surface area contributed by atoms with E-state index in [1.54, 1.807) is 4.68 Å². The standard InChI is InChI=1S/C11H19N3O3/c1-7(2)9-8(10(16)17)12-13-14(9)5-11(3,4)6-15/h7,15H,5-6H2,1-4H3,(H,16,17). The van der Waals surface area contributed by atoms with Gasteiger partial charge < -0.3 is 10.2 Å². The minimum Gasteiger partial charge on any atom is -0.476 e. The second-order valence-electron chi connectivity index (χ2n) is 5.26. The van der Waals surface area contributed by atoms with E-state index in [1.807, 2.05) is 27.7 Å². The molecule has 0 fully saturated rings. The van der Waals surface area contributed by atoms with E-state index in [2.05, 4.69) is 10.3 Å². The Morgan fingerprint density at radius 3 is 2.47 bits per heavy atom. The summed E-state index contributed by atoms with van der Waals surface area (Å²) in [6.45, 7) is 8.02. The first-order valence-electron chi connectivity index (χ1n) is 5.56. The second kappa shape index (κ2) is 4.83. The number of aliphatic hydroxyl groups is 1. The molecule has 6 nitrogen and oxygen atoms in total. The topological polar surface area (TPSA) is 88.2 Å². The molecule has 0 unspecified atom stereocenters. The molecule has 0 aromatic carbocycles. The molecule has 0 aliphatic rings. The van der Waals surface area contributed by atoms with E-state index in [9.17, 15) is 9.90 Å². The fraction of sp³-hybridized carbons (Fsp3) is 0.727. The van der Waals surface area contributed by atoms with Crippen molar-refractivity contribution in [3.05, 3.63) is 11.4 Å². The maximum Gasteiger partial charge on any atom is 0.358 e. The number of hydrogen-bond acceptors (Lipinski definition) is 4. The van der Waals surface area contributed by atoms with Crippen LogP contribution in [-0.4, -0.2) is 37.8 Å². The van der Waals surface area contributed by atoms with E-state index < -0.39 is 5.97 Å². The first-order valence-corrected chi connectivity index (χ1v) is 5.56. The number of hydrogen-bond donors (Lipinski definition) is 2. The summed E-state index contributed by atoms with van der Waals surface area (Å²) in [5.74, 6) is -1.05. The van der Waals surface area contributed by atoms with E-state index in [1.165, 1.54) is 0 Å². The molecule has 0 saturated carbocycles. The molecule has 0 bridgehead atoms. The number of carbonyl (C=O) groups is 1. The molecule has 0 spiro atoms. The van der Waals surface area contributed by atoms with E-state index in [0.29, 0.717) is 12.2 Å².